The molecule has 1 heterocycles. The number of anilines is 2. The molecule has 0 spiro atoms. The summed E-state index contributed by atoms with van der Waals surface area (Å²) >= 11 is 0. The maximum absolute atomic E-state index is 5.57. The van der Waals surface area contributed by atoms with Crippen LogP contribution < -0.4 is 11.1 Å². The maximum atomic E-state index is 5.57. The Morgan fingerprint density at radius 1 is 1.06 bits per heavy atom. The van der Waals surface area contributed by atoms with E-state index in [1.54, 1.807) is 13.1 Å². The van der Waals surface area contributed by atoms with Crippen LogP contribution in [-0.4, -0.2) is 22.0 Å². The van der Waals surface area contributed by atoms with Crippen LogP contribution in [0.1, 0.15) is 11.4 Å². The molecule has 0 radical (unpaired) electrons. The molecule has 0 saturated heterocycles. The highest BCUT2D eigenvalue weighted by atomic mass is 15.2. The van der Waals surface area contributed by atoms with Crippen molar-refractivity contribution in [3.63, 3.8) is 0 Å². The molecule has 0 aliphatic heterocycles. The van der Waals surface area contributed by atoms with Crippen molar-refractivity contribution in [2.24, 2.45) is 0 Å². The van der Waals surface area contributed by atoms with Crippen molar-refractivity contribution in [1.29, 1.82) is 0 Å². The largest absolute Gasteiger partial charge is 0.368 e. The highest BCUT2D eigenvalue weighted by molar-refractivity contribution is 5.67. The molecule has 0 bridgehead atoms. The monoisotopic (exact) mass is 227 g/mol. The Hall–Kier alpha value is -2.43. The highest BCUT2D eigenvalue weighted by Crippen LogP contribution is 2.07. The zero-order chi connectivity index (χ0) is 12.1. The minimum absolute atomic E-state index is 0.206. The summed E-state index contributed by atoms with van der Waals surface area (Å²) in [5, 5.41) is 2.83. The van der Waals surface area contributed by atoms with Crippen LogP contribution in [-0.2, 0) is 0 Å². The first-order valence-corrected chi connectivity index (χ1v) is 5.20. The molecule has 1 aromatic carbocycles. The van der Waals surface area contributed by atoms with Gasteiger partial charge >= 0.3 is 0 Å². The van der Waals surface area contributed by atoms with Gasteiger partial charge in [0.05, 0.1) is 0 Å². The zero-order valence-corrected chi connectivity index (χ0v) is 9.46. The van der Waals surface area contributed by atoms with Gasteiger partial charge in [-0.15, -0.1) is 0 Å². The Balaban J connectivity index is 2.24. The van der Waals surface area contributed by atoms with Crippen molar-refractivity contribution in [3.05, 3.63) is 41.7 Å². The Labute approximate surface area is 99.4 Å². The van der Waals surface area contributed by atoms with E-state index in [1.807, 2.05) is 36.4 Å². The van der Waals surface area contributed by atoms with Gasteiger partial charge in [0.15, 0.2) is 5.82 Å². The van der Waals surface area contributed by atoms with E-state index in [0.717, 1.165) is 5.56 Å². The first-order valence-electron chi connectivity index (χ1n) is 5.20. The second kappa shape index (κ2) is 5.07. The summed E-state index contributed by atoms with van der Waals surface area (Å²) in [5.41, 5.74) is 6.65. The van der Waals surface area contributed by atoms with Crippen LogP contribution in [0.15, 0.2) is 30.3 Å². The third-order valence-electron chi connectivity index (χ3n) is 2.12. The molecule has 0 aliphatic carbocycles. The summed E-state index contributed by atoms with van der Waals surface area (Å²) in [4.78, 5) is 12.1. The van der Waals surface area contributed by atoms with Crippen molar-refractivity contribution < 1.29 is 0 Å². The van der Waals surface area contributed by atoms with Gasteiger partial charge in [0, 0.05) is 7.05 Å². The molecule has 5 nitrogen and oxygen atoms in total. The minimum Gasteiger partial charge on any atom is -0.368 e. The number of benzene rings is 1. The van der Waals surface area contributed by atoms with Gasteiger partial charge in [-0.2, -0.15) is 15.0 Å². The van der Waals surface area contributed by atoms with Gasteiger partial charge in [0.2, 0.25) is 11.9 Å². The molecule has 0 fully saturated rings. The minimum atomic E-state index is 0.206. The quantitative estimate of drug-likeness (QED) is 0.834. The number of nitrogen functional groups attached to an aromatic ring is 1. The fraction of sp³-hybridized carbons (Fsp3) is 0.0833. The third kappa shape index (κ3) is 3.01. The molecule has 0 unspecified atom stereocenters. The molecular formula is C12H13N5. The number of rotatable bonds is 3. The van der Waals surface area contributed by atoms with Gasteiger partial charge in [0.1, 0.15) is 0 Å². The number of hydrogen-bond acceptors (Lipinski definition) is 5. The van der Waals surface area contributed by atoms with E-state index in [2.05, 4.69) is 20.3 Å². The second-order valence-electron chi connectivity index (χ2n) is 3.37. The SMILES string of the molecule is CNc1nc(N)nc(/C=C/c2ccccc2)n1. The third-order valence-corrected chi connectivity index (χ3v) is 2.12. The molecule has 2 rings (SSSR count). The van der Waals surface area contributed by atoms with Crippen LogP contribution in [0.3, 0.4) is 0 Å². The highest BCUT2D eigenvalue weighted by Gasteiger charge is 1.99. The standard InChI is InChI=1S/C12H13N5/c1-14-12-16-10(15-11(13)17-12)8-7-9-5-3-2-4-6-9/h2-8H,1H3,(H3,13,14,15,16,17)/b8-7+. The van der Waals surface area contributed by atoms with Crippen LogP contribution >= 0.6 is 0 Å². The fourth-order valence-electron chi connectivity index (χ4n) is 1.33. The topological polar surface area (TPSA) is 76.7 Å². The first kappa shape index (κ1) is 11.1. The van der Waals surface area contributed by atoms with Crippen LogP contribution in [0, 0.1) is 0 Å². The van der Waals surface area contributed by atoms with E-state index in [9.17, 15) is 0 Å². The lowest BCUT2D eigenvalue weighted by Gasteiger charge is -2.00. The van der Waals surface area contributed by atoms with Crippen LogP contribution in [0.4, 0.5) is 11.9 Å². The van der Waals surface area contributed by atoms with Crippen molar-refractivity contribution in [2.45, 2.75) is 0 Å². The summed E-state index contributed by atoms with van der Waals surface area (Å²) in [7, 11) is 1.74. The van der Waals surface area contributed by atoms with E-state index in [-0.39, 0.29) is 5.95 Å². The molecule has 1 aromatic heterocycles. The van der Waals surface area contributed by atoms with Crippen LogP contribution in [0.2, 0.25) is 0 Å². The predicted octanol–water partition coefficient (Wildman–Crippen LogP) is 1.67. The first-order chi connectivity index (χ1) is 8.28. The fourth-order valence-corrected chi connectivity index (χ4v) is 1.33. The van der Waals surface area contributed by atoms with E-state index in [0.29, 0.717) is 11.8 Å². The van der Waals surface area contributed by atoms with Crippen molar-refractivity contribution >= 4 is 24.0 Å². The lowest BCUT2D eigenvalue weighted by molar-refractivity contribution is 1.04. The predicted molar refractivity (Wildman–Crippen MR) is 69.2 cm³/mol. The van der Waals surface area contributed by atoms with Gasteiger partial charge in [-0.25, -0.2) is 0 Å². The van der Waals surface area contributed by atoms with E-state index in [4.69, 9.17) is 5.73 Å². The Morgan fingerprint density at radius 3 is 2.53 bits per heavy atom. The number of nitrogens with zero attached hydrogens (tertiary/aromatic N) is 3. The zero-order valence-electron chi connectivity index (χ0n) is 9.46. The van der Waals surface area contributed by atoms with Crippen molar-refractivity contribution in [2.75, 3.05) is 18.1 Å². The maximum Gasteiger partial charge on any atom is 0.227 e. The number of aromatic nitrogens is 3. The van der Waals surface area contributed by atoms with Gasteiger partial charge in [0.25, 0.3) is 0 Å². The van der Waals surface area contributed by atoms with E-state index < -0.39 is 0 Å². The summed E-state index contributed by atoms with van der Waals surface area (Å²) in [6, 6.07) is 9.92. The van der Waals surface area contributed by atoms with Gasteiger partial charge < -0.3 is 11.1 Å². The lowest BCUT2D eigenvalue weighted by atomic mass is 10.2. The number of nitrogens with one attached hydrogen (secondary N) is 1. The summed E-state index contributed by atoms with van der Waals surface area (Å²) in [6.07, 6.45) is 3.72. The van der Waals surface area contributed by atoms with Crippen molar-refractivity contribution in [3.8, 4) is 0 Å². The molecule has 0 saturated carbocycles. The molecule has 86 valence electrons. The average molecular weight is 227 g/mol. The smallest absolute Gasteiger partial charge is 0.227 e. The normalized spacial score (nSPS) is 10.6. The second-order valence-corrected chi connectivity index (χ2v) is 3.37. The molecule has 3 N–H and O–H groups in total. The number of nitrogens with two attached hydrogens (primary N) is 1. The summed E-state index contributed by atoms with van der Waals surface area (Å²) < 4.78 is 0. The summed E-state index contributed by atoms with van der Waals surface area (Å²) in [6.45, 7) is 0. The molecule has 0 atom stereocenters. The van der Waals surface area contributed by atoms with Crippen LogP contribution in [0.25, 0.3) is 12.2 Å². The number of hydrogen-bond donors (Lipinski definition) is 2. The lowest BCUT2D eigenvalue weighted by Crippen LogP contribution is -2.04. The molecule has 5 heteroatoms. The van der Waals surface area contributed by atoms with Crippen LogP contribution in [0.5, 0.6) is 0 Å². The van der Waals surface area contributed by atoms with Gasteiger partial charge in [-0.05, 0) is 11.6 Å². The molecule has 0 amide bonds. The van der Waals surface area contributed by atoms with Crippen molar-refractivity contribution in [1.82, 2.24) is 15.0 Å². The van der Waals surface area contributed by atoms with Gasteiger partial charge in [-0.1, -0.05) is 36.4 Å². The summed E-state index contributed by atoms with van der Waals surface area (Å²) in [5.74, 6) is 1.20. The molecule has 17 heavy (non-hydrogen) atoms. The molecule has 2 aromatic rings. The Morgan fingerprint density at radius 2 is 1.82 bits per heavy atom. The Bertz CT molecular complexity index is 522. The average Bonchev–Trinajstić information content (AvgIpc) is 2.37. The Kier molecular flexibility index (Phi) is 3.30. The van der Waals surface area contributed by atoms with E-state index >= 15 is 0 Å². The molecular weight excluding hydrogens is 214 g/mol. The molecule has 0 aliphatic rings. The van der Waals surface area contributed by atoms with Gasteiger partial charge in [-0.3, -0.25) is 0 Å². The van der Waals surface area contributed by atoms with E-state index in [1.165, 1.54) is 0 Å².